The van der Waals surface area contributed by atoms with Crippen LogP contribution in [0.3, 0.4) is 0 Å². The van der Waals surface area contributed by atoms with E-state index in [0.717, 1.165) is 18.1 Å². The number of hydrogen-bond acceptors (Lipinski definition) is 5. The van der Waals surface area contributed by atoms with Crippen LogP contribution < -0.4 is 11.2 Å². The third-order valence-corrected chi connectivity index (χ3v) is 4.99. The van der Waals surface area contributed by atoms with Gasteiger partial charge in [-0.05, 0) is 34.1 Å². The van der Waals surface area contributed by atoms with Gasteiger partial charge in [-0.25, -0.2) is 5.43 Å². The maximum absolute atomic E-state index is 12.3. The number of carbonyl (C=O) groups excluding carboxylic acids is 1. The number of thioether (sulfide) groups is 1. The number of rotatable bonds is 12. The molecule has 0 aromatic rings. The van der Waals surface area contributed by atoms with E-state index in [2.05, 4.69) is 42.4 Å². The van der Waals surface area contributed by atoms with Gasteiger partial charge in [-0.15, -0.1) is 6.58 Å². The molecule has 0 saturated carbocycles. The van der Waals surface area contributed by atoms with Gasteiger partial charge in [0.25, 0.3) is 5.91 Å². The van der Waals surface area contributed by atoms with Gasteiger partial charge in [-0.3, -0.25) is 9.79 Å². The molecule has 30 heavy (non-hydrogen) atoms. The van der Waals surface area contributed by atoms with E-state index in [0.29, 0.717) is 11.3 Å². The van der Waals surface area contributed by atoms with Gasteiger partial charge >= 0.3 is 0 Å². The second kappa shape index (κ2) is 16.3. The lowest BCUT2D eigenvalue weighted by Gasteiger charge is -2.29. The highest BCUT2D eigenvalue weighted by Gasteiger charge is 2.17. The Hall–Kier alpha value is -2.54. The van der Waals surface area contributed by atoms with Crippen LogP contribution in [-0.4, -0.2) is 46.6 Å². The molecule has 0 aromatic carbocycles. The Morgan fingerprint density at radius 3 is 2.53 bits per heavy atom. The summed E-state index contributed by atoms with van der Waals surface area (Å²) in [7, 11) is 0. The fourth-order valence-electron chi connectivity index (χ4n) is 2.43. The molecule has 0 aliphatic rings. The van der Waals surface area contributed by atoms with Crippen molar-refractivity contribution in [2.24, 2.45) is 15.8 Å². The Kier molecular flexibility index (Phi) is 14.9. The van der Waals surface area contributed by atoms with Crippen molar-refractivity contribution in [3.63, 3.8) is 0 Å². The molecule has 1 amide bonds. The topological polar surface area (TPSA) is 83.1 Å². The van der Waals surface area contributed by atoms with Crippen molar-refractivity contribution in [3.8, 4) is 0 Å². The second-order valence-electron chi connectivity index (χ2n) is 6.45. The summed E-state index contributed by atoms with van der Waals surface area (Å²) in [6, 6.07) is 0.129. The molecule has 7 heteroatoms. The van der Waals surface area contributed by atoms with Crippen LogP contribution in [0.1, 0.15) is 41.0 Å². The zero-order valence-electron chi connectivity index (χ0n) is 19.0. The van der Waals surface area contributed by atoms with Crippen LogP contribution in [0.5, 0.6) is 0 Å². The first-order chi connectivity index (χ1) is 14.3. The predicted octanol–water partition coefficient (Wildman–Crippen LogP) is 4.40. The van der Waals surface area contributed by atoms with E-state index in [1.807, 2.05) is 45.1 Å². The Morgan fingerprint density at radius 2 is 2.00 bits per heavy atom. The molecular formula is C23H37N5OS. The van der Waals surface area contributed by atoms with E-state index < -0.39 is 0 Å². The van der Waals surface area contributed by atoms with Crippen LogP contribution >= 0.6 is 11.8 Å². The first-order valence-electron chi connectivity index (χ1n) is 10.2. The largest absolute Gasteiger partial charge is 0.398 e. The normalized spacial score (nSPS) is 15.3. The lowest BCUT2D eigenvalue weighted by atomic mass is 10.2. The Bertz CT molecular complexity index is 706. The molecule has 6 nitrogen and oxygen atoms in total. The van der Waals surface area contributed by atoms with E-state index in [4.69, 9.17) is 10.7 Å². The lowest BCUT2D eigenvalue weighted by Crippen LogP contribution is -2.37. The summed E-state index contributed by atoms with van der Waals surface area (Å²) in [6.07, 6.45) is 13.4. The number of aliphatic imine (C=N–C) groups is 1. The molecule has 0 aromatic heterocycles. The summed E-state index contributed by atoms with van der Waals surface area (Å²) in [5.74, 6) is -0.0270. The fraction of sp³-hybridized carbons (Fsp3) is 0.435. The number of amidine groups is 1. The Balaban J connectivity index is 5.20. The van der Waals surface area contributed by atoms with Crippen LogP contribution in [0, 0.1) is 0 Å². The van der Waals surface area contributed by atoms with Gasteiger partial charge in [0.05, 0.1) is 18.0 Å². The molecule has 0 heterocycles. The van der Waals surface area contributed by atoms with Gasteiger partial charge < -0.3 is 10.6 Å². The van der Waals surface area contributed by atoms with Gasteiger partial charge in [0.1, 0.15) is 0 Å². The summed E-state index contributed by atoms with van der Waals surface area (Å²) < 4.78 is 0. The number of allylic oxidation sites excluding steroid dienone is 5. The van der Waals surface area contributed by atoms with E-state index in [1.54, 1.807) is 12.2 Å². The van der Waals surface area contributed by atoms with Crippen LogP contribution in [0.15, 0.2) is 71.0 Å². The maximum Gasteiger partial charge on any atom is 0.250 e. The van der Waals surface area contributed by atoms with Crippen molar-refractivity contribution >= 4 is 29.1 Å². The van der Waals surface area contributed by atoms with E-state index in [9.17, 15) is 4.79 Å². The van der Waals surface area contributed by atoms with Gasteiger partial charge in [0.2, 0.25) is 0 Å². The van der Waals surface area contributed by atoms with Gasteiger partial charge in [-0.2, -0.15) is 5.10 Å². The molecular weight excluding hydrogens is 394 g/mol. The van der Waals surface area contributed by atoms with Crippen LogP contribution in [0.25, 0.3) is 0 Å². The second-order valence-corrected chi connectivity index (χ2v) is 7.39. The summed E-state index contributed by atoms with van der Waals surface area (Å²) in [4.78, 5) is 19.2. The van der Waals surface area contributed by atoms with Crippen molar-refractivity contribution in [1.29, 1.82) is 0 Å². The van der Waals surface area contributed by atoms with Crippen molar-refractivity contribution in [3.05, 3.63) is 60.9 Å². The van der Waals surface area contributed by atoms with Gasteiger partial charge in [0, 0.05) is 23.9 Å². The number of nitrogens with one attached hydrogen (secondary N) is 1. The van der Waals surface area contributed by atoms with E-state index >= 15 is 0 Å². The SMILES string of the molecule is C=C/C=C(/C=N/NC(=O)CSC(=NC(C)/C=C\C)N(CC)C(C)C=C)C(\N)=C/CC. The average Bonchev–Trinajstić information content (AvgIpc) is 2.71. The summed E-state index contributed by atoms with van der Waals surface area (Å²) >= 11 is 1.39. The summed E-state index contributed by atoms with van der Waals surface area (Å²) in [5.41, 5.74) is 9.83. The van der Waals surface area contributed by atoms with Gasteiger partial charge in [0.15, 0.2) is 5.17 Å². The monoisotopic (exact) mass is 431 g/mol. The first-order valence-corrected chi connectivity index (χ1v) is 11.2. The quantitative estimate of drug-likeness (QED) is 0.158. The average molecular weight is 432 g/mol. The molecule has 0 saturated heterocycles. The van der Waals surface area contributed by atoms with Crippen molar-refractivity contribution in [2.75, 3.05) is 12.3 Å². The number of hydrogen-bond donors (Lipinski definition) is 2. The molecule has 2 unspecified atom stereocenters. The zero-order chi connectivity index (χ0) is 22.9. The number of nitrogens with two attached hydrogens (primary N) is 1. The van der Waals surface area contributed by atoms with E-state index in [1.165, 1.54) is 18.0 Å². The predicted molar refractivity (Wildman–Crippen MR) is 134 cm³/mol. The maximum atomic E-state index is 12.3. The number of hydrazone groups is 1. The van der Waals surface area contributed by atoms with Crippen LogP contribution in [0.4, 0.5) is 0 Å². The molecule has 0 rings (SSSR count). The third-order valence-electron chi connectivity index (χ3n) is 3.98. The minimum absolute atomic E-state index is 0.0181. The van der Waals surface area contributed by atoms with Crippen LogP contribution in [-0.2, 0) is 4.79 Å². The molecule has 0 aliphatic heterocycles. The first kappa shape index (κ1) is 27.5. The minimum Gasteiger partial charge on any atom is -0.398 e. The highest BCUT2D eigenvalue weighted by Crippen LogP contribution is 2.15. The standard InChI is InChI=1S/C23H37N5OS/c1-8-13-18(6)26-23(28(12-5)19(7)11-4)30-17-22(29)27-25-16-20(14-9-2)21(24)15-10-3/h8-9,11,13-16,18-19H,2,4,10,12,17,24H2,1,3,5-7H3,(H,27,29)/b13-8-,20-14-,21-15+,25-16+,26-23?. The molecule has 0 bridgehead atoms. The third kappa shape index (κ3) is 10.9. The molecule has 0 fully saturated rings. The molecule has 0 aliphatic carbocycles. The van der Waals surface area contributed by atoms with Crippen molar-refractivity contribution in [1.82, 2.24) is 10.3 Å². The molecule has 3 N–H and O–H groups in total. The molecule has 166 valence electrons. The highest BCUT2D eigenvalue weighted by molar-refractivity contribution is 8.14. The smallest absolute Gasteiger partial charge is 0.250 e. The fourth-order valence-corrected chi connectivity index (χ4v) is 3.46. The highest BCUT2D eigenvalue weighted by atomic mass is 32.2. The van der Waals surface area contributed by atoms with E-state index in [-0.39, 0.29) is 23.7 Å². The van der Waals surface area contributed by atoms with Crippen molar-refractivity contribution in [2.45, 2.75) is 53.1 Å². The number of amides is 1. The number of likely N-dealkylation sites (N-methyl/N-ethyl adjacent to an activating group) is 1. The molecule has 2 atom stereocenters. The molecule has 0 spiro atoms. The zero-order valence-corrected chi connectivity index (χ0v) is 19.8. The Morgan fingerprint density at radius 1 is 1.30 bits per heavy atom. The van der Waals surface area contributed by atoms with Gasteiger partial charge in [-0.1, -0.05) is 61.7 Å². The number of carbonyl (C=O) groups is 1. The lowest BCUT2D eigenvalue weighted by molar-refractivity contribution is -0.118. The number of nitrogens with zero attached hydrogens (tertiary/aromatic N) is 3. The van der Waals surface area contributed by atoms with Crippen molar-refractivity contribution < 1.29 is 4.79 Å². The van der Waals surface area contributed by atoms with Crippen LogP contribution in [0.2, 0.25) is 0 Å². The molecule has 0 radical (unpaired) electrons. The summed E-state index contributed by atoms with van der Waals surface area (Å²) in [6.45, 7) is 18.4. The minimum atomic E-state index is -0.221. The Labute approximate surface area is 186 Å². The summed E-state index contributed by atoms with van der Waals surface area (Å²) in [5, 5.41) is 4.83.